The summed E-state index contributed by atoms with van der Waals surface area (Å²) >= 11 is 0. The van der Waals surface area contributed by atoms with Crippen LogP contribution in [0.2, 0.25) is 0 Å². The molecule has 0 spiro atoms. The van der Waals surface area contributed by atoms with E-state index in [1.54, 1.807) is 0 Å². The molecule has 1 N–H and O–H groups in total. The van der Waals surface area contributed by atoms with Gasteiger partial charge in [-0.3, -0.25) is 4.79 Å². The SMILES string of the molecule is CCCCCC(/C=C/C1C(OP)CC(OP)C1C/C=C/CCCC(=O)O)OP. The first kappa shape index (κ1) is 26.2. The number of carboxylic acid groups (broad SMARTS) is 1. The van der Waals surface area contributed by atoms with Crippen molar-refractivity contribution in [2.75, 3.05) is 0 Å². The van der Waals surface area contributed by atoms with Crippen LogP contribution in [0, 0.1) is 11.8 Å². The van der Waals surface area contributed by atoms with E-state index in [4.69, 9.17) is 18.7 Å². The summed E-state index contributed by atoms with van der Waals surface area (Å²) in [6.07, 6.45) is 17.0. The molecule has 5 nitrogen and oxygen atoms in total. The highest BCUT2D eigenvalue weighted by Crippen LogP contribution is 2.41. The lowest BCUT2D eigenvalue weighted by Gasteiger charge is -2.22. The maximum Gasteiger partial charge on any atom is 0.303 e. The van der Waals surface area contributed by atoms with Crippen LogP contribution in [0.5, 0.6) is 0 Å². The summed E-state index contributed by atoms with van der Waals surface area (Å²) in [5, 5.41) is 8.71. The van der Waals surface area contributed by atoms with Crippen molar-refractivity contribution >= 4 is 34.4 Å². The average Bonchev–Trinajstić information content (AvgIpc) is 3.03. The van der Waals surface area contributed by atoms with Gasteiger partial charge in [-0.05, 0) is 31.6 Å². The Labute approximate surface area is 177 Å². The van der Waals surface area contributed by atoms with Crippen molar-refractivity contribution in [3.05, 3.63) is 24.3 Å². The Hall–Kier alpha value is 0.120. The lowest BCUT2D eigenvalue weighted by Crippen LogP contribution is -2.21. The minimum Gasteiger partial charge on any atom is -0.481 e. The Morgan fingerprint density at radius 3 is 2.50 bits per heavy atom. The van der Waals surface area contributed by atoms with E-state index in [-0.39, 0.29) is 30.7 Å². The van der Waals surface area contributed by atoms with Crippen molar-refractivity contribution in [2.24, 2.45) is 11.8 Å². The zero-order valence-corrected chi connectivity index (χ0v) is 20.3. The Bertz CT molecular complexity index is 486. The second-order valence-corrected chi connectivity index (χ2v) is 8.19. The van der Waals surface area contributed by atoms with Gasteiger partial charge < -0.3 is 18.7 Å². The molecule has 0 aromatic rings. The molecule has 8 unspecified atom stereocenters. The first-order chi connectivity index (χ1) is 13.6. The largest absolute Gasteiger partial charge is 0.481 e. The Morgan fingerprint density at radius 2 is 1.89 bits per heavy atom. The van der Waals surface area contributed by atoms with Gasteiger partial charge in [0.05, 0.1) is 18.3 Å². The van der Waals surface area contributed by atoms with Crippen molar-refractivity contribution in [3.8, 4) is 0 Å². The highest BCUT2D eigenvalue weighted by molar-refractivity contribution is 7.10. The Kier molecular flexibility index (Phi) is 14.8. The molecular weight excluding hydrogens is 413 g/mol. The summed E-state index contributed by atoms with van der Waals surface area (Å²) in [5.41, 5.74) is 0. The molecule has 1 saturated carbocycles. The predicted molar refractivity (Wildman–Crippen MR) is 124 cm³/mol. The van der Waals surface area contributed by atoms with E-state index in [1.807, 2.05) is 0 Å². The van der Waals surface area contributed by atoms with Crippen LogP contribution in [-0.4, -0.2) is 29.4 Å². The molecule has 1 fully saturated rings. The molecule has 0 aromatic carbocycles. The van der Waals surface area contributed by atoms with E-state index >= 15 is 0 Å². The van der Waals surface area contributed by atoms with Gasteiger partial charge in [0.25, 0.3) is 0 Å². The van der Waals surface area contributed by atoms with Crippen LogP contribution in [-0.2, 0) is 18.4 Å². The van der Waals surface area contributed by atoms with Crippen molar-refractivity contribution in [1.29, 1.82) is 0 Å². The standard InChI is InChI=1S/C20H37O5P3/c1-2-3-6-9-15(23-26)12-13-17-16(18(24-27)14-19(17)25-28)10-7-4-5-8-11-20(21)22/h4,7,12-13,15-19H,2-3,5-6,8-11,14,26-28H2,1H3,(H,21,22)/b7-4+,13-12+. The number of allylic oxidation sites excluding steroid dienone is 2. The van der Waals surface area contributed by atoms with Gasteiger partial charge in [0.1, 0.15) is 0 Å². The van der Waals surface area contributed by atoms with Gasteiger partial charge in [0, 0.05) is 47.2 Å². The minimum atomic E-state index is -0.740. The molecule has 0 heterocycles. The second kappa shape index (κ2) is 15.9. The van der Waals surface area contributed by atoms with E-state index in [2.05, 4.69) is 59.6 Å². The van der Waals surface area contributed by atoms with Crippen LogP contribution in [0.1, 0.15) is 64.7 Å². The molecule has 162 valence electrons. The third-order valence-corrected chi connectivity index (χ3v) is 6.42. The van der Waals surface area contributed by atoms with Gasteiger partial charge in [-0.2, -0.15) is 0 Å². The summed E-state index contributed by atoms with van der Waals surface area (Å²) in [7, 11) is 7.18. The molecule has 28 heavy (non-hydrogen) atoms. The Balaban J connectivity index is 2.69. The summed E-state index contributed by atoms with van der Waals surface area (Å²) in [4.78, 5) is 10.6. The summed E-state index contributed by atoms with van der Waals surface area (Å²) in [6.45, 7) is 2.20. The van der Waals surface area contributed by atoms with Gasteiger partial charge in [0.2, 0.25) is 0 Å². The van der Waals surface area contributed by atoms with Crippen LogP contribution < -0.4 is 0 Å². The van der Waals surface area contributed by atoms with Crippen molar-refractivity contribution < 1.29 is 23.5 Å². The van der Waals surface area contributed by atoms with E-state index in [1.165, 1.54) is 12.8 Å². The van der Waals surface area contributed by atoms with Gasteiger partial charge in [-0.25, -0.2) is 0 Å². The zero-order valence-electron chi connectivity index (χ0n) is 16.9. The molecule has 0 saturated heterocycles. The zero-order chi connectivity index (χ0) is 20.8. The molecule has 0 radical (unpaired) electrons. The first-order valence-corrected chi connectivity index (χ1v) is 11.6. The molecule has 0 aromatic heterocycles. The minimum absolute atomic E-state index is 0.0954. The van der Waals surface area contributed by atoms with Crippen molar-refractivity contribution in [3.63, 3.8) is 0 Å². The number of carbonyl (C=O) groups is 1. The normalized spacial score (nSPS) is 26.4. The molecule has 8 heteroatoms. The van der Waals surface area contributed by atoms with E-state index < -0.39 is 5.97 Å². The van der Waals surface area contributed by atoms with Crippen LogP contribution in [0.15, 0.2) is 24.3 Å². The van der Waals surface area contributed by atoms with Crippen molar-refractivity contribution in [2.45, 2.75) is 83.0 Å². The van der Waals surface area contributed by atoms with Crippen LogP contribution in [0.25, 0.3) is 0 Å². The quantitative estimate of drug-likeness (QED) is 0.203. The molecule has 0 aliphatic heterocycles. The van der Waals surface area contributed by atoms with E-state index in [0.29, 0.717) is 12.3 Å². The fraction of sp³-hybridized carbons (Fsp3) is 0.750. The fourth-order valence-corrected chi connectivity index (χ4v) is 4.59. The molecule has 8 atom stereocenters. The summed E-state index contributed by atoms with van der Waals surface area (Å²) in [5.74, 6) is -0.174. The van der Waals surface area contributed by atoms with Crippen LogP contribution in [0.3, 0.4) is 0 Å². The molecule has 0 bridgehead atoms. The third-order valence-electron chi connectivity index (χ3n) is 5.37. The lowest BCUT2D eigenvalue weighted by atomic mass is 9.89. The molecule has 1 aliphatic rings. The number of carboxylic acids is 1. The fourth-order valence-electron chi connectivity index (χ4n) is 3.76. The predicted octanol–water partition coefficient (Wildman–Crippen LogP) is 5.49. The van der Waals surface area contributed by atoms with Gasteiger partial charge in [-0.15, -0.1) is 0 Å². The number of unbranched alkanes of at least 4 members (excludes halogenated alkanes) is 3. The molecule has 1 aliphatic carbocycles. The summed E-state index contributed by atoms with van der Waals surface area (Å²) in [6, 6.07) is 0. The monoisotopic (exact) mass is 450 g/mol. The smallest absolute Gasteiger partial charge is 0.303 e. The van der Waals surface area contributed by atoms with E-state index in [0.717, 1.165) is 32.1 Å². The summed E-state index contributed by atoms with van der Waals surface area (Å²) < 4.78 is 16.9. The van der Waals surface area contributed by atoms with E-state index in [9.17, 15) is 4.79 Å². The molecule has 1 rings (SSSR count). The topological polar surface area (TPSA) is 65.0 Å². The van der Waals surface area contributed by atoms with Gasteiger partial charge >= 0.3 is 5.97 Å². The second-order valence-electron chi connectivity index (χ2n) is 7.37. The third kappa shape index (κ3) is 9.75. The number of hydrogen-bond acceptors (Lipinski definition) is 4. The maximum atomic E-state index is 10.6. The first-order valence-electron chi connectivity index (χ1n) is 10.2. The Morgan fingerprint density at radius 1 is 1.14 bits per heavy atom. The lowest BCUT2D eigenvalue weighted by molar-refractivity contribution is -0.137. The van der Waals surface area contributed by atoms with Crippen LogP contribution in [0.4, 0.5) is 0 Å². The average molecular weight is 450 g/mol. The van der Waals surface area contributed by atoms with Gasteiger partial charge in [0.15, 0.2) is 0 Å². The highest BCUT2D eigenvalue weighted by atomic mass is 31.0. The highest BCUT2D eigenvalue weighted by Gasteiger charge is 2.41. The van der Waals surface area contributed by atoms with Gasteiger partial charge in [-0.1, -0.05) is 50.5 Å². The van der Waals surface area contributed by atoms with Crippen molar-refractivity contribution in [1.82, 2.24) is 0 Å². The molecule has 0 amide bonds. The number of aliphatic carboxylic acids is 1. The number of rotatable bonds is 15. The van der Waals surface area contributed by atoms with Crippen LogP contribution >= 0.6 is 28.4 Å². The number of hydrogen-bond donors (Lipinski definition) is 1. The maximum absolute atomic E-state index is 10.6. The molecular formula is C20H37O5P3.